The number of halogens is 1. The smallest absolute Gasteiger partial charge is 0.229 e. The summed E-state index contributed by atoms with van der Waals surface area (Å²) in [7, 11) is 0. The van der Waals surface area contributed by atoms with Crippen molar-refractivity contribution in [2.75, 3.05) is 23.3 Å². The topological polar surface area (TPSA) is 76.1 Å². The number of hydrogen-bond donors (Lipinski definition) is 1. The Bertz CT molecular complexity index is 909. The van der Waals surface area contributed by atoms with E-state index in [-0.39, 0.29) is 12.2 Å². The van der Waals surface area contributed by atoms with Crippen LogP contribution in [0, 0.1) is 0 Å². The van der Waals surface area contributed by atoms with Crippen molar-refractivity contribution >= 4 is 40.2 Å². The van der Waals surface area contributed by atoms with Gasteiger partial charge in [0, 0.05) is 36.2 Å². The summed E-state index contributed by atoms with van der Waals surface area (Å²) in [4.78, 5) is 20.2. The first kappa shape index (κ1) is 16.9. The fourth-order valence-corrected chi connectivity index (χ4v) is 3.22. The molecule has 1 aromatic carbocycles. The van der Waals surface area contributed by atoms with Crippen LogP contribution in [0.4, 0.5) is 17.5 Å². The molecule has 134 valence electrons. The van der Waals surface area contributed by atoms with Gasteiger partial charge in [-0.2, -0.15) is 9.97 Å². The first-order valence-electron chi connectivity index (χ1n) is 8.50. The number of nitrogens with one attached hydrogen (secondary N) is 1. The first-order valence-corrected chi connectivity index (χ1v) is 8.88. The molecular formula is C18H19ClN6O. The van der Waals surface area contributed by atoms with Crippen molar-refractivity contribution in [3.8, 4) is 0 Å². The van der Waals surface area contributed by atoms with Crippen LogP contribution < -0.4 is 10.2 Å². The molecule has 7 nitrogen and oxygen atoms in total. The van der Waals surface area contributed by atoms with Crippen molar-refractivity contribution in [2.45, 2.75) is 26.1 Å². The van der Waals surface area contributed by atoms with Crippen molar-refractivity contribution in [2.24, 2.45) is 0 Å². The molecule has 0 saturated carbocycles. The number of hydrogen-bond acceptors (Lipinski definition) is 7. The molecule has 1 aliphatic rings. The molecule has 1 N–H and O–H groups in total. The minimum absolute atomic E-state index is 0.118. The highest BCUT2D eigenvalue weighted by atomic mass is 35.5. The van der Waals surface area contributed by atoms with Crippen LogP contribution in [-0.2, 0) is 4.74 Å². The minimum atomic E-state index is 0.118. The van der Waals surface area contributed by atoms with Gasteiger partial charge in [-0.3, -0.25) is 0 Å². The summed E-state index contributed by atoms with van der Waals surface area (Å²) in [5, 5.41) is 3.99. The van der Waals surface area contributed by atoms with Gasteiger partial charge in [0.25, 0.3) is 0 Å². The van der Waals surface area contributed by atoms with E-state index in [4.69, 9.17) is 21.3 Å². The molecule has 0 spiro atoms. The zero-order valence-electron chi connectivity index (χ0n) is 14.6. The molecule has 0 aliphatic carbocycles. The monoisotopic (exact) mass is 370 g/mol. The SMILES string of the molecule is CC1CN(c2nc(Nc3ccc(Cl)cc3)c3nccnc3n2)CC(C)O1. The van der Waals surface area contributed by atoms with E-state index in [0.29, 0.717) is 28.0 Å². The molecule has 0 radical (unpaired) electrons. The highest BCUT2D eigenvalue weighted by molar-refractivity contribution is 6.30. The lowest BCUT2D eigenvalue weighted by atomic mass is 10.2. The van der Waals surface area contributed by atoms with E-state index in [2.05, 4.69) is 39.0 Å². The molecule has 4 rings (SSSR count). The molecule has 0 amide bonds. The van der Waals surface area contributed by atoms with Crippen LogP contribution in [0.3, 0.4) is 0 Å². The summed E-state index contributed by atoms with van der Waals surface area (Å²) in [6, 6.07) is 7.44. The van der Waals surface area contributed by atoms with Crippen molar-refractivity contribution in [3.05, 3.63) is 41.7 Å². The number of benzene rings is 1. The average molecular weight is 371 g/mol. The maximum Gasteiger partial charge on any atom is 0.229 e. The quantitative estimate of drug-likeness (QED) is 0.756. The fraction of sp³-hybridized carbons (Fsp3) is 0.333. The normalized spacial score (nSPS) is 20.3. The van der Waals surface area contributed by atoms with Gasteiger partial charge in [-0.1, -0.05) is 11.6 Å². The third-order valence-electron chi connectivity index (χ3n) is 4.13. The Kier molecular flexibility index (Phi) is 4.57. The lowest BCUT2D eigenvalue weighted by Crippen LogP contribution is -2.46. The Balaban J connectivity index is 1.74. The van der Waals surface area contributed by atoms with E-state index < -0.39 is 0 Å². The van der Waals surface area contributed by atoms with E-state index in [1.165, 1.54) is 0 Å². The van der Waals surface area contributed by atoms with Crippen LogP contribution in [0.15, 0.2) is 36.7 Å². The number of fused-ring (bicyclic) bond motifs is 1. The molecule has 2 atom stereocenters. The van der Waals surface area contributed by atoms with Gasteiger partial charge in [-0.15, -0.1) is 0 Å². The number of nitrogens with zero attached hydrogens (tertiary/aromatic N) is 5. The maximum atomic E-state index is 5.97. The Labute approximate surface area is 156 Å². The third-order valence-corrected chi connectivity index (χ3v) is 4.38. The van der Waals surface area contributed by atoms with Gasteiger partial charge in [0.2, 0.25) is 5.95 Å². The zero-order chi connectivity index (χ0) is 18.1. The van der Waals surface area contributed by atoms with Crippen LogP contribution >= 0.6 is 11.6 Å². The second-order valence-corrected chi connectivity index (χ2v) is 6.83. The molecule has 26 heavy (non-hydrogen) atoms. The van der Waals surface area contributed by atoms with Crippen molar-refractivity contribution in [3.63, 3.8) is 0 Å². The lowest BCUT2D eigenvalue weighted by molar-refractivity contribution is -0.00569. The summed E-state index contributed by atoms with van der Waals surface area (Å²) in [5.74, 6) is 1.24. The summed E-state index contributed by atoms with van der Waals surface area (Å²) in [5.41, 5.74) is 2.05. The molecule has 2 unspecified atom stereocenters. The minimum Gasteiger partial charge on any atom is -0.372 e. The van der Waals surface area contributed by atoms with E-state index in [1.807, 2.05) is 24.3 Å². The van der Waals surface area contributed by atoms with Crippen LogP contribution in [0.5, 0.6) is 0 Å². The summed E-state index contributed by atoms with van der Waals surface area (Å²) in [6.07, 6.45) is 3.51. The molecule has 1 saturated heterocycles. The molecule has 8 heteroatoms. The van der Waals surface area contributed by atoms with Gasteiger partial charge in [-0.25, -0.2) is 9.97 Å². The Morgan fingerprint density at radius 1 is 1.04 bits per heavy atom. The lowest BCUT2D eigenvalue weighted by Gasteiger charge is -2.35. The van der Waals surface area contributed by atoms with E-state index in [1.54, 1.807) is 12.4 Å². The third kappa shape index (κ3) is 3.54. The standard InChI is InChI=1S/C18H19ClN6O/c1-11-9-25(10-12(2)26-11)18-23-16-15(20-7-8-21-16)17(24-18)22-14-5-3-13(19)4-6-14/h3-8,11-12H,9-10H2,1-2H3,(H,21,22,23,24). The Hall–Kier alpha value is -2.51. The molecule has 1 fully saturated rings. The predicted octanol–water partition coefficient (Wildman–Crippen LogP) is 3.43. The summed E-state index contributed by atoms with van der Waals surface area (Å²) >= 11 is 5.97. The van der Waals surface area contributed by atoms with Crippen LogP contribution in [0.1, 0.15) is 13.8 Å². The fourth-order valence-electron chi connectivity index (χ4n) is 3.09. The second kappa shape index (κ2) is 7.01. The largest absolute Gasteiger partial charge is 0.372 e. The Morgan fingerprint density at radius 2 is 1.73 bits per heavy atom. The number of aromatic nitrogens is 4. The molecule has 0 bridgehead atoms. The average Bonchev–Trinajstić information content (AvgIpc) is 2.63. The first-order chi connectivity index (χ1) is 12.6. The number of morpholine rings is 1. The van der Waals surface area contributed by atoms with Gasteiger partial charge in [0.05, 0.1) is 12.2 Å². The van der Waals surface area contributed by atoms with Gasteiger partial charge in [0.1, 0.15) is 0 Å². The molecule has 3 heterocycles. The van der Waals surface area contributed by atoms with Crippen LogP contribution in [-0.4, -0.2) is 45.2 Å². The molecule has 1 aliphatic heterocycles. The zero-order valence-corrected chi connectivity index (χ0v) is 15.3. The highest BCUT2D eigenvalue weighted by Gasteiger charge is 2.25. The number of rotatable bonds is 3. The second-order valence-electron chi connectivity index (χ2n) is 6.39. The van der Waals surface area contributed by atoms with Crippen LogP contribution in [0.2, 0.25) is 5.02 Å². The van der Waals surface area contributed by atoms with Gasteiger partial charge >= 0.3 is 0 Å². The van der Waals surface area contributed by atoms with E-state index in [9.17, 15) is 0 Å². The van der Waals surface area contributed by atoms with Crippen LogP contribution in [0.25, 0.3) is 11.2 Å². The number of ether oxygens (including phenoxy) is 1. The van der Waals surface area contributed by atoms with Gasteiger partial charge in [-0.05, 0) is 38.1 Å². The van der Waals surface area contributed by atoms with Crippen molar-refractivity contribution < 1.29 is 4.74 Å². The maximum absolute atomic E-state index is 5.97. The van der Waals surface area contributed by atoms with Gasteiger partial charge in [0.15, 0.2) is 17.0 Å². The summed E-state index contributed by atoms with van der Waals surface area (Å²) < 4.78 is 5.81. The Morgan fingerprint density at radius 3 is 2.46 bits per heavy atom. The van der Waals surface area contributed by atoms with Crippen molar-refractivity contribution in [1.29, 1.82) is 0 Å². The van der Waals surface area contributed by atoms with E-state index >= 15 is 0 Å². The predicted molar refractivity (Wildman–Crippen MR) is 102 cm³/mol. The van der Waals surface area contributed by atoms with Gasteiger partial charge < -0.3 is 15.0 Å². The number of anilines is 3. The van der Waals surface area contributed by atoms with Crippen molar-refractivity contribution in [1.82, 2.24) is 19.9 Å². The summed E-state index contributed by atoms with van der Waals surface area (Å²) in [6.45, 7) is 5.57. The van der Waals surface area contributed by atoms with E-state index in [0.717, 1.165) is 18.8 Å². The molecular weight excluding hydrogens is 352 g/mol. The molecule has 3 aromatic rings. The highest BCUT2D eigenvalue weighted by Crippen LogP contribution is 2.26. The molecule has 2 aromatic heterocycles.